The minimum absolute atomic E-state index is 0.167. The molecule has 0 fully saturated rings. The lowest BCUT2D eigenvalue weighted by Crippen LogP contribution is -2.51. The molecule has 1 amide bonds. The summed E-state index contributed by atoms with van der Waals surface area (Å²) in [4.78, 5) is 11.9. The summed E-state index contributed by atoms with van der Waals surface area (Å²) in [6.07, 6.45) is 3.51. The van der Waals surface area contributed by atoms with Crippen LogP contribution in [0.4, 0.5) is 4.79 Å². The van der Waals surface area contributed by atoms with Crippen LogP contribution in [0.25, 0.3) is 0 Å². The third-order valence-electron chi connectivity index (χ3n) is 3.17. The van der Waals surface area contributed by atoms with Crippen LogP contribution in [0.5, 0.6) is 0 Å². The first-order chi connectivity index (χ1) is 10.0. The van der Waals surface area contributed by atoms with E-state index in [9.17, 15) is 4.79 Å². The molecule has 0 saturated heterocycles. The lowest BCUT2D eigenvalue weighted by atomic mass is 10.0. The molecule has 126 valence electrons. The van der Waals surface area contributed by atoms with E-state index in [0.29, 0.717) is 6.54 Å². The molecule has 1 aromatic rings. The number of amides is 1. The first-order valence-corrected chi connectivity index (χ1v) is 7.79. The number of nitrogens with zero attached hydrogens (tertiary/aromatic N) is 2. The molecule has 2 N–H and O–H groups in total. The SMILES string of the molecule is CCn1cc(C(C)NCC(C)(C)NC(=O)OC(C)(C)C)cn1. The number of hydrogen-bond acceptors (Lipinski definition) is 4. The molecule has 1 unspecified atom stereocenters. The highest BCUT2D eigenvalue weighted by molar-refractivity contribution is 5.68. The van der Waals surface area contributed by atoms with Crippen molar-refractivity contribution in [3.63, 3.8) is 0 Å². The van der Waals surface area contributed by atoms with Crippen LogP contribution in [-0.4, -0.2) is 33.6 Å². The summed E-state index contributed by atoms with van der Waals surface area (Å²) in [7, 11) is 0. The van der Waals surface area contributed by atoms with Gasteiger partial charge in [0.25, 0.3) is 0 Å². The van der Waals surface area contributed by atoms with E-state index in [1.54, 1.807) is 0 Å². The van der Waals surface area contributed by atoms with Crippen molar-refractivity contribution >= 4 is 6.09 Å². The molecule has 0 aliphatic heterocycles. The van der Waals surface area contributed by atoms with Gasteiger partial charge in [0.2, 0.25) is 0 Å². The molecule has 0 aromatic carbocycles. The third kappa shape index (κ3) is 6.47. The van der Waals surface area contributed by atoms with E-state index < -0.39 is 17.2 Å². The first-order valence-electron chi connectivity index (χ1n) is 7.79. The minimum atomic E-state index is -0.490. The standard InChI is InChI=1S/C16H30N4O2/c1-8-20-10-13(9-18-20)12(2)17-11-16(6,7)19-14(21)22-15(3,4)5/h9-10,12,17H,8,11H2,1-7H3,(H,19,21). The van der Waals surface area contributed by atoms with Crippen LogP contribution in [0, 0.1) is 0 Å². The highest BCUT2D eigenvalue weighted by Gasteiger charge is 2.25. The number of aromatic nitrogens is 2. The maximum atomic E-state index is 11.9. The van der Waals surface area contributed by atoms with Gasteiger partial charge in [-0.3, -0.25) is 4.68 Å². The van der Waals surface area contributed by atoms with E-state index in [1.807, 2.05) is 51.7 Å². The van der Waals surface area contributed by atoms with Crippen molar-refractivity contribution in [2.24, 2.45) is 0 Å². The third-order valence-corrected chi connectivity index (χ3v) is 3.17. The number of carbonyl (C=O) groups excluding carboxylic acids is 1. The van der Waals surface area contributed by atoms with E-state index in [1.165, 1.54) is 0 Å². The summed E-state index contributed by atoms with van der Waals surface area (Å²) in [6, 6.07) is 0.167. The Morgan fingerprint density at radius 3 is 2.50 bits per heavy atom. The van der Waals surface area contributed by atoms with Crippen molar-refractivity contribution in [2.75, 3.05) is 6.54 Å². The zero-order valence-corrected chi connectivity index (χ0v) is 14.9. The van der Waals surface area contributed by atoms with Crippen LogP contribution in [0.3, 0.4) is 0 Å². The van der Waals surface area contributed by atoms with Gasteiger partial charge in [-0.05, 0) is 48.5 Å². The van der Waals surface area contributed by atoms with Gasteiger partial charge in [0, 0.05) is 30.9 Å². The number of carbonyl (C=O) groups is 1. The fraction of sp³-hybridized carbons (Fsp3) is 0.750. The number of nitrogens with one attached hydrogen (secondary N) is 2. The number of hydrogen-bond donors (Lipinski definition) is 2. The lowest BCUT2D eigenvalue weighted by Gasteiger charge is -2.30. The number of aryl methyl sites for hydroxylation is 1. The van der Waals surface area contributed by atoms with Gasteiger partial charge in [-0.2, -0.15) is 5.10 Å². The Labute approximate surface area is 133 Å². The van der Waals surface area contributed by atoms with Crippen molar-refractivity contribution in [1.82, 2.24) is 20.4 Å². The summed E-state index contributed by atoms with van der Waals surface area (Å²) < 4.78 is 7.19. The van der Waals surface area contributed by atoms with Crippen LogP contribution >= 0.6 is 0 Å². The van der Waals surface area contributed by atoms with Gasteiger partial charge in [-0.15, -0.1) is 0 Å². The summed E-state index contributed by atoms with van der Waals surface area (Å²) in [5.74, 6) is 0. The molecule has 6 heteroatoms. The molecule has 0 bridgehead atoms. The summed E-state index contributed by atoms with van der Waals surface area (Å²) in [6.45, 7) is 15.1. The fourth-order valence-electron chi connectivity index (χ4n) is 1.93. The zero-order chi connectivity index (χ0) is 17.0. The molecule has 1 atom stereocenters. The highest BCUT2D eigenvalue weighted by atomic mass is 16.6. The molecule has 0 saturated carbocycles. The van der Waals surface area contributed by atoms with E-state index in [-0.39, 0.29) is 6.04 Å². The van der Waals surface area contributed by atoms with E-state index in [4.69, 9.17) is 4.74 Å². The number of ether oxygens (including phenoxy) is 1. The second kappa shape index (κ2) is 7.13. The predicted octanol–water partition coefficient (Wildman–Crippen LogP) is 2.86. The van der Waals surface area contributed by atoms with Crippen molar-refractivity contribution in [3.05, 3.63) is 18.0 Å². The monoisotopic (exact) mass is 310 g/mol. The Hall–Kier alpha value is -1.56. The van der Waals surface area contributed by atoms with Crippen LogP contribution in [0.1, 0.15) is 60.1 Å². The average molecular weight is 310 g/mol. The Bertz CT molecular complexity index is 489. The Morgan fingerprint density at radius 1 is 1.36 bits per heavy atom. The fourth-order valence-corrected chi connectivity index (χ4v) is 1.93. The van der Waals surface area contributed by atoms with Crippen molar-refractivity contribution in [2.45, 2.75) is 72.2 Å². The van der Waals surface area contributed by atoms with E-state index in [0.717, 1.165) is 12.1 Å². The Morgan fingerprint density at radius 2 is 2.00 bits per heavy atom. The second-order valence-electron chi connectivity index (χ2n) is 7.24. The normalized spacial score (nSPS) is 13.8. The molecule has 0 aliphatic rings. The Kier molecular flexibility index (Phi) is 6.00. The van der Waals surface area contributed by atoms with Crippen LogP contribution in [-0.2, 0) is 11.3 Å². The van der Waals surface area contributed by atoms with Crippen molar-refractivity contribution in [3.8, 4) is 0 Å². The highest BCUT2D eigenvalue weighted by Crippen LogP contribution is 2.13. The summed E-state index contributed by atoms with van der Waals surface area (Å²) >= 11 is 0. The predicted molar refractivity (Wildman–Crippen MR) is 87.8 cm³/mol. The number of rotatable bonds is 6. The topological polar surface area (TPSA) is 68.2 Å². The van der Waals surface area contributed by atoms with Gasteiger partial charge >= 0.3 is 6.09 Å². The van der Waals surface area contributed by atoms with Crippen LogP contribution in [0.15, 0.2) is 12.4 Å². The molecule has 0 spiro atoms. The van der Waals surface area contributed by atoms with Crippen LogP contribution < -0.4 is 10.6 Å². The summed E-state index contributed by atoms with van der Waals surface area (Å²) in [5, 5.41) is 10.6. The summed E-state index contributed by atoms with van der Waals surface area (Å²) in [5.41, 5.74) is 0.238. The molecule has 1 aromatic heterocycles. The molecular weight excluding hydrogens is 280 g/mol. The molecule has 1 heterocycles. The molecule has 0 aliphatic carbocycles. The smallest absolute Gasteiger partial charge is 0.408 e. The van der Waals surface area contributed by atoms with Gasteiger partial charge in [0.15, 0.2) is 0 Å². The lowest BCUT2D eigenvalue weighted by molar-refractivity contribution is 0.0471. The van der Waals surface area contributed by atoms with E-state index in [2.05, 4.69) is 29.6 Å². The maximum Gasteiger partial charge on any atom is 0.408 e. The quantitative estimate of drug-likeness (QED) is 0.848. The van der Waals surface area contributed by atoms with Crippen molar-refractivity contribution < 1.29 is 9.53 Å². The Balaban J connectivity index is 2.49. The van der Waals surface area contributed by atoms with Gasteiger partial charge in [0.1, 0.15) is 5.60 Å². The molecule has 0 radical (unpaired) electrons. The second-order valence-corrected chi connectivity index (χ2v) is 7.24. The van der Waals surface area contributed by atoms with Crippen molar-refractivity contribution in [1.29, 1.82) is 0 Å². The maximum absolute atomic E-state index is 11.9. The average Bonchev–Trinajstić information content (AvgIpc) is 2.81. The molecule has 6 nitrogen and oxygen atoms in total. The number of alkyl carbamates (subject to hydrolysis) is 1. The first kappa shape index (κ1) is 18.5. The van der Waals surface area contributed by atoms with E-state index >= 15 is 0 Å². The van der Waals surface area contributed by atoms with Gasteiger partial charge < -0.3 is 15.4 Å². The van der Waals surface area contributed by atoms with Gasteiger partial charge in [0.05, 0.1) is 11.7 Å². The molecule has 1 rings (SSSR count). The zero-order valence-electron chi connectivity index (χ0n) is 14.9. The van der Waals surface area contributed by atoms with Gasteiger partial charge in [-0.1, -0.05) is 0 Å². The minimum Gasteiger partial charge on any atom is -0.444 e. The van der Waals surface area contributed by atoms with Gasteiger partial charge in [-0.25, -0.2) is 4.79 Å². The van der Waals surface area contributed by atoms with Crippen LogP contribution in [0.2, 0.25) is 0 Å². The molecular formula is C16H30N4O2. The largest absolute Gasteiger partial charge is 0.444 e. The molecule has 22 heavy (non-hydrogen) atoms.